The average Bonchev–Trinajstić information content (AvgIpc) is 2.79. The van der Waals surface area contributed by atoms with E-state index in [4.69, 9.17) is 16.5 Å². The Kier molecular flexibility index (Phi) is 9.28. The first kappa shape index (κ1) is 23.2. The molecule has 4 nitrogen and oxygen atoms in total. The van der Waals surface area contributed by atoms with E-state index >= 15 is 0 Å². The van der Waals surface area contributed by atoms with Gasteiger partial charge in [-0.3, -0.25) is 4.79 Å². The molecular weight excluding hydrogens is 428 g/mol. The third-order valence-electron chi connectivity index (χ3n) is 4.66. The lowest BCUT2D eigenvalue weighted by molar-refractivity contribution is 0.0952. The van der Waals surface area contributed by atoms with Crippen molar-refractivity contribution in [1.29, 1.82) is 0 Å². The second-order valence-corrected chi connectivity index (χ2v) is 8.72. The van der Waals surface area contributed by atoms with E-state index < -0.39 is 0 Å². The first-order chi connectivity index (χ1) is 15.1. The molecule has 6 heteroatoms. The van der Waals surface area contributed by atoms with Crippen LogP contribution >= 0.6 is 23.5 Å². The quantitative estimate of drug-likeness (QED) is 0.307. The fourth-order valence-electron chi connectivity index (χ4n) is 3.10. The molecule has 0 heterocycles. The summed E-state index contributed by atoms with van der Waals surface area (Å²) in [6, 6.07) is 26.0. The molecule has 3 rings (SSSR count). The van der Waals surface area contributed by atoms with Crippen molar-refractivity contribution in [1.82, 2.24) is 9.74 Å². The summed E-state index contributed by atoms with van der Waals surface area (Å²) in [6.07, 6.45) is 0. The van der Waals surface area contributed by atoms with Crippen molar-refractivity contribution in [2.75, 3.05) is 32.5 Å². The molecule has 3 aromatic rings. The first-order valence-electron chi connectivity index (χ1n) is 10.2. The summed E-state index contributed by atoms with van der Waals surface area (Å²) >= 11 is 7.63. The highest BCUT2D eigenvalue weighted by Gasteiger charge is 2.10. The molecule has 0 radical (unpaired) electrons. The minimum absolute atomic E-state index is 0.0923. The normalized spacial score (nSPS) is 10.8. The smallest absolute Gasteiger partial charge is 0.251 e. The summed E-state index contributed by atoms with van der Waals surface area (Å²) in [4.78, 5) is 12.5. The lowest BCUT2D eigenvalue weighted by Gasteiger charge is -2.12. The highest BCUT2D eigenvalue weighted by atomic mass is 35.5. The fraction of sp³-hybridized carbons (Fsp3) is 0.240. The second-order valence-electron chi connectivity index (χ2n) is 7.04. The van der Waals surface area contributed by atoms with Gasteiger partial charge in [-0.2, -0.15) is 11.8 Å². The van der Waals surface area contributed by atoms with E-state index in [-0.39, 0.29) is 5.91 Å². The second kappa shape index (κ2) is 12.4. The Hall–Kier alpha value is -2.47. The van der Waals surface area contributed by atoms with Gasteiger partial charge in [0.2, 0.25) is 0 Å². The number of hydrogen-bond acceptors (Lipinski definition) is 4. The minimum Gasteiger partial charge on any atom is -0.493 e. The van der Waals surface area contributed by atoms with Gasteiger partial charge in [-0.25, -0.2) is 4.42 Å². The first-order valence-corrected chi connectivity index (χ1v) is 11.7. The molecule has 0 saturated heterocycles. The van der Waals surface area contributed by atoms with E-state index in [1.807, 2.05) is 72.4 Å². The van der Waals surface area contributed by atoms with Crippen LogP contribution in [0.5, 0.6) is 5.75 Å². The molecule has 1 N–H and O–H groups in total. The van der Waals surface area contributed by atoms with Crippen LogP contribution in [0.3, 0.4) is 0 Å². The van der Waals surface area contributed by atoms with Crippen LogP contribution in [0.1, 0.15) is 15.9 Å². The number of hydrogen-bond donors (Lipinski definition) is 1. The number of para-hydroxylation sites is 1. The molecule has 0 unspecified atom stereocenters. The third kappa shape index (κ3) is 7.62. The molecule has 0 atom stereocenters. The van der Waals surface area contributed by atoms with Crippen LogP contribution in [0.25, 0.3) is 11.1 Å². The maximum Gasteiger partial charge on any atom is 0.251 e. The number of thioether (sulfide) groups is 1. The number of benzene rings is 3. The van der Waals surface area contributed by atoms with Crippen molar-refractivity contribution < 1.29 is 9.53 Å². The lowest BCUT2D eigenvalue weighted by atomic mass is 9.99. The van der Waals surface area contributed by atoms with Crippen LogP contribution in [0, 0.1) is 0 Å². The molecule has 31 heavy (non-hydrogen) atoms. The maximum atomic E-state index is 12.5. The van der Waals surface area contributed by atoms with Gasteiger partial charge in [-0.15, -0.1) is 0 Å². The Labute approximate surface area is 193 Å². The summed E-state index contributed by atoms with van der Waals surface area (Å²) in [5, 5.41) is 2.90. The number of nitrogens with zero attached hydrogens (tertiary/aromatic N) is 1. The van der Waals surface area contributed by atoms with Gasteiger partial charge < -0.3 is 10.1 Å². The Morgan fingerprint density at radius 1 is 1.03 bits per heavy atom. The van der Waals surface area contributed by atoms with Crippen molar-refractivity contribution in [3.63, 3.8) is 0 Å². The van der Waals surface area contributed by atoms with Crippen molar-refractivity contribution in [2.24, 2.45) is 0 Å². The monoisotopic (exact) mass is 454 g/mol. The standard InChI is InChI=1S/C25H27ClN2O2S/c1-28(26)15-14-27-25(29)21-10-7-9-20(18-21)24-13-6-5-8-22(24)19-31-17-16-30-23-11-3-2-4-12-23/h2-13,18H,14-17,19H2,1H3,(H,27,29). The van der Waals surface area contributed by atoms with Gasteiger partial charge in [-0.05, 0) is 52.7 Å². The molecule has 0 aliphatic heterocycles. The van der Waals surface area contributed by atoms with Gasteiger partial charge in [0.25, 0.3) is 5.91 Å². The van der Waals surface area contributed by atoms with Gasteiger partial charge in [0.15, 0.2) is 0 Å². The van der Waals surface area contributed by atoms with Gasteiger partial charge >= 0.3 is 0 Å². The van der Waals surface area contributed by atoms with Crippen molar-refractivity contribution in [3.8, 4) is 16.9 Å². The molecule has 0 spiro atoms. The minimum atomic E-state index is -0.0923. The molecule has 0 bridgehead atoms. The molecule has 0 aliphatic rings. The largest absolute Gasteiger partial charge is 0.493 e. The number of halogens is 1. The third-order valence-corrected chi connectivity index (χ3v) is 5.80. The molecular formula is C25H27ClN2O2S. The van der Waals surface area contributed by atoms with Crippen molar-refractivity contribution in [2.45, 2.75) is 5.75 Å². The number of nitrogens with one attached hydrogen (secondary N) is 1. The number of carbonyl (C=O) groups is 1. The van der Waals surface area contributed by atoms with Crippen LogP contribution in [-0.2, 0) is 5.75 Å². The van der Waals surface area contributed by atoms with E-state index in [0.717, 1.165) is 28.4 Å². The molecule has 1 amide bonds. The fourth-order valence-corrected chi connectivity index (χ4v) is 4.00. The van der Waals surface area contributed by atoms with E-state index in [0.29, 0.717) is 25.3 Å². The van der Waals surface area contributed by atoms with Crippen LogP contribution in [0.2, 0.25) is 0 Å². The molecule has 0 aliphatic carbocycles. The lowest BCUT2D eigenvalue weighted by Crippen LogP contribution is -2.29. The van der Waals surface area contributed by atoms with E-state index in [9.17, 15) is 4.79 Å². The summed E-state index contributed by atoms with van der Waals surface area (Å²) in [5.41, 5.74) is 4.08. The molecule has 0 aromatic heterocycles. The zero-order valence-electron chi connectivity index (χ0n) is 17.6. The van der Waals surface area contributed by atoms with Crippen LogP contribution in [0.4, 0.5) is 0 Å². The SMILES string of the molecule is CN(Cl)CCNC(=O)c1cccc(-c2ccccc2CSCCOc2ccccc2)c1. The summed E-state index contributed by atoms with van der Waals surface area (Å²) < 4.78 is 7.29. The molecule has 0 saturated carbocycles. The topological polar surface area (TPSA) is 41.6 Å². The Morgan fingerprint density at radius 3 is 2.61 bits per heavy atom. The van der Waals surface area contributed by atoms with Gasteiger partial charge in [0.05, 0.1) is 6.61 Å². The highest BCUT2D eigenvalue weighted by Crippen LogP contribution is 2.27. The maximum absolute atomic E-state index is 12.5. The van der Waals surface area contributed by atoms with Gasteiger partial charge in [0.1, 0.15) is 5.75 Å². The Bertz CT molecular complexity index is 967. The van der Waals surface area contributed by atoms with Gasteiger partial charge in [0, 0.05) is 37.2 Å². The zero-order valence-corrected chi connectivity index (χ0v) is 19.2. The molecule has 0 fully saturated rings. The predicted molar refractivity (Wildman–Crippen MR) is 131 cm³/mol. The average molecular weight is 455 g/mol. The van der Waals surface area contributed by atoms with Crippen LogP contribution in [0.15, 0.2) is 78.9 Å². The van der Waals surface area contributed by atoms with Crippen molar-refractivity contribution in [3.05, 3.63) is 90.0 Å². The van der Waals surface area contributed by atoms with E-state index in [1.54, 1.807) is 7.05 Å². The van der Waals surface area contributed by atoms with E-state index in [1.165, 1.54) is 9.98 Å². The predicted octanol–water partition coefficient (Wildman–Crippen LogP) is 5.48. The van der Waals surface area contributed by atoms with Crippen molar-refractivity contribution >= 4 is 29.4 Å². The number of rotatable bonds is 11. The number of likely N-dealkylation sites (N-methyl/N-ethyl adjacent to an activating group) is 1. The van der Waals surface area contributed by atoms with E-state index in [2.05, 4.69) is 23.5 Å². The summed E-state index contributed by atoms with van der Waals surface area (Å²) in [5.74, 6) is 2.59. The van der Waals surface area contributed by atoms with Gasteiger partial charge in [-0.1, -0.05) is 54.6 Å². The highest BCUT2D eigenvalue weighted by molar-refractivity contribution is 7.98. The summed E-state index contributed by atoms with van der Waals surface area (Å²) in [7, 11) is 1.76. The Morgan fingerprint density at radius 2 is 1.81 bits per heavy atom. The van der Waals surface area contributed by atoms with Crippen LogP contribution < -0.4 is 10.1 Å². The zero-order chi connectivity index (χ0) is 21.9. The number of amides is 1. The molecule has 162 valence electrons. The number of carbonyl (C=O) groups excluding carboxylic acids is 1. The number of ether oxygens (including phenoxy) is 1. The molecule has 3 aromatic carbocycles. The van der Waals surface area contributed by atoms with Crippen LogP contribution in [-0.4, -0.2) is 42.8 Å². The summed E-state index contributed by atoms with van der Waals surface area (Å²) in [6.45, 7) is 1.76. The Balaban J connectivity index is 1.58.